The second-order valence-electron chi connectivity index (χ2n) is 6.78. The van der Waals surface area contributed by atoms with Gasteiger partial charge < -0.3 is 16.0 Å². The molecule has 0 aromatic carbocycles. The second-order valence-corrected chi connectivity index (χ2v) is 6.78. The van der Waals surface area contributed by atoms with Crippen molar-refractivity contribution in [3.8, 4) is 0 Å². The van der Waals surface area contributed by atoms with Crippen LogP contribution in [0.5, 0.6) is 0 Å². The molecule has 0 bridgehead atoms. The molecule has 0 radical (unpaired) electrons. The molecule has 3 atom stereocenters. The van der Waals surface area contributed by atoms with Gasteiger partial charge in [-0.2, -0.15) is 0 Å². The summed E-state index contributed by atoms with van der Waals surface area (Å²) in [6.07, 6.45) is 4.54. The molecule has 2 aliphatic rings. The molecule has 3 unspecified atom stereocenters. The first kappa shape index (κ1) is 18.2. The van der Waals surface area contributed by atoms with E-state index in [1.807, 2.05) is 25.7 Å². The van der Waals surface area contributed by atoms with Crippen molar-refractivity contribution in [2.75, 3.05) is 6.54 Å². The zero-order valence-corrected chi connectivity index (χ0v) is 14.0. The largest absolute Gasteiger partial charge is 0.344 e. The first-order valence-corrected chi connectivity index (χ1v) is 7.72. The maximum atomic E-state index is 12.4. The predicted octanol–water partition coefficient (Wildman–Crippen LogP) is 1.44. The van der Waals surface area contributed by atoms with Gasteiger partial charge in [0, 0.05) is 18.1 Å². The van der Waals surface area contributed by atoms with E-state index in [4.69, 9.17) is 5.73 Å². The Morgan fingerprint density at radius 3 is 2.57 bits per heavy atom. The van der Waals surface area contributed by atoms with Gasteiger partial charge in [-0.25, -0.2) is 0 Å². The zero-order valence-electron chi connectivity index (χ0n) is 13.2. The Balaban J connectivity index is 0.00000220. The van der Waals surface area contributed by atoms with Crippen LogP contribution in [-0.4, -0.2) is 40.9 Å². The van der Waals surface area contributed by atoms with E-state index in [9.17, 15) is 9.59 Å². The number of amides is 2. The van der Waals surface area contributed by atoms with Crippen LogP contribution in [0.25, 0.3) is 0 Å². The van der Waals surface area contributed by atoms with Crippen LogP contribution in [0.3, 0.4) is 0 Å². The number of carbonyl (C=O) groups is 2. The molecule has 2 fully saturated rings. The van der Waals surface area contributed by atoms with Crippen molar-refractivity contribution in [3.63, 3.8) is 0 Å². The van der Waals surface area contributed by atoms with E-state index in [0.29, 0.717) is 6.42 Å². The Morgan fingerprint density at radius 1 is 1.38 bits per heavy atom. The Morgan fingerprint density at radius 2 is 2.05 bits per heavy atom. The van der Waals surface area contributed by atoms with Crippen LogP contribution in [0.2, 0.25) is 0 Å². The molecule has 1 aliphatic heterocycles. The van der Waals surface area contributed by atoms with Gasteiger partial charge in [0.1, 0.15) is 6.04 Å². The number of hydrogen-bond acceptors (Lipinski definition) is 3. The summed E-state index contributed by atoms with van der Waals surface area (Å²) >= 11 is 0. The van der Waals surface area contributed by atoms with Crippen molar-refractivity contribution in [2.24, 2.45) is 11.7 Å². The van der Waals surface area contributed by atoms with E-state index >= 15 is 0 Å². The summed E-state index contributed by atoms with van der Waals surface area (Å²) in [4.78, 5) is 26.5. The zero-order chi connectivity index (χ0) is 14.9. The van der Waals surface area contributed by atoms with Crippen LogP contribution in [0.4, 0.5) is 0 Å². The lowest BCUT2D eigenvalue weighted by Crippen LogP contribution is -2.55. The van der Waals surface area contributed by atoms with E-state index in [-0.39, 0.29) is 42.2 Å². The van der Waals surface area contributed by atoms with Crippen LogP contribution in [0, 0.1) is 5.92 Å². The topological polar surface area (TPSA) is 75.4 Å². The van der Waals surface area contributed by atoms with Gasteiger partial charge in [-0.15, -0.1) is 12.4 Å². The predicted molar refractivity (Wildman–Crippen MR) is 85.2 cm³/mol. The van der Waals surface area contributed by atoms with Gasteiger partial charge in [0.25, 0.3) is 0 Å². The monoisotopic (exact) mass is 317 g/mol. The summed E-state index contributed by atoms with van der Waals surface area (Å²) in [6.45, 7) is 6.68. The van der Waals surface area contributed by atoms with Crippen molar-refractivity contribution in [1.82, 2.24) is 10.2 Å². The normalized spacial score (nSPS) is 33.0. The second kappa shape index (κ2) is 6.97. The average molecular weight is 318 g/mol. The summed E-state index contributed by atoms with van der Waals surface area (Å²) in [5.74, 6) is -0.168. The van der Waals surface area contributed by atoms with Crippen molar-refractivity contribution in [1.29, 1.82) is 0 Å². The fourth-order valence-corrected chi connectivity index (χ4v) is 3.41. The maximum Gasteiger partial charge on any atom is 0.245 e. The summed E-state index contributed by atoms with van der Waals surface area (Å²) in [7, 11) is 0. The molecular weight excluding hydrogens is 290 g/mol. The number of nitrogens with two attached hydrogens (primary N) is 1. The fraction of sp³-hybridized carbons (Fsp3) is 0.867. The minimum atomic E-state index is -0.443. The highest BCUT2D eigenvalue weighted by molar-refractivity contribution is 5.90. The molecule has 0 aromatic rings. The minimum Gasteiger partial charge on any atom is -0.344 e. The van der Waals surface area contributed by atoms with Crippen molar-refractivity contribution < 1.29 is 9.59 Å². The lowest BCUT2D eigenvalue weighted by atomic mass is 9.74. The van der Waals surface area contributed by atoms with E-state index < -0.39 is 5.54 Å². The highest BCUT2D eigenvalue weighted by Gasteiger charge is 2.41. The molecule has 1 saturated carbocycles. The van der Waals surface area contributed by atoms with E-state index in [1.165, 1.54) is 0 Å². The minimum absolute atomic E-state index is 0. The standard InChI is InChI=1S/C15H27N3O2.ClH/c1-10(2)18-9-7-12(14(18)20)17-13(19)11-6-4-5-8-15(11,3)16;/h10-12H,4-9,16H2,1-3H3,(H,17,19);1H. The number of likely N-dealkylation sites (tertiary alicyclic amines) is 1. The molecule has 3 N–H and O–H groups in total. The summed E-state index contributed by atoms with van der Waals surface area (Å²) in [6, 6.07) is -0.165. The van der Waals surface area contributed by atoms with Crippen molar-refractivity contribution in [2.45, 2.75) is 70.5 Å². The molecule has 2 rings (SSSR count). The molecule has 21 heavy (non-hydrogen) atoms. The van der Waals surface area contributed by atoms with Crippen molar-refractivity contribution in [3.05, 3.63) is 0 Å². The Kier molecular flexibility index (Phi) is 6.05. The number of rotatable bonds is 3. The average Bonchev–Trinajstić information content (AvgIpc) is 2.70. The molecule has 5 nitrogen and oxygen atoms in total. The first-order chi connectivity index (χ1) is 9.33. The van der Waals surface area contributed by atoms with Crippen LogP contribution in [0.15, 0.2) is 0 Å². The van der Waals surface area contributed by atoms with Crippen LogP contribution >= 0.6 is 12.4 Å². The lowest BCUT2D eigenvalue weighted by molar-refractivity contribution is -0.136. The lowest BCUT2D eigenvalue weighted by Gasteiger charge is -2.37. The number of nitrogens with one attached hydrogen (secondary N) is 1. The molecule has 0 aromatic heterocycles. The molecular formula is C15H28ClN3O2. The van der Waals surface area contributed by atoms with Crippen LogP contribution < -0.4 is 11.1 Å². The Bertz CT molecular complexity index is 398. The van der Waals surface area contributed by atoms with E-state index in [0.717, 1.165) is 32.2 Å². The number of nitrogens with zero attached hydrogens (tertiary/aromatic N) is 1. The summed E-state index contributed by atoms with van der Waals surface area (Å²) in [5.41, 5.74) is 5.81. The highest BCUT2D eigenvalue weighted by Crippen LogP contribution is 2.32. The van der Waals surface area contributed by atoms with Crippen molar-refractivity contribution >= 4 is 24.2 Å². The number of halogens is 1. The molecule has 0 spiro atoms. The molecule has 1 aliphatic carbocycles. The molecule has 1 saturated heterocycles. The SMILES string of the molecule is CC(C)N1CCC(NC(=O)C2CCCCC2(C)N)C1=O.Cl. The first-order valence-electron chi connectivity index (χ1n) is 7.72. The van der Waals surface area contributed by atoms with Gasteiger partial charge in [0.2, 0.25) is 11.8 Å². The van der Waals surface area contributed by atoms with Gasteiger partial charge in [0.05, 0.1) is 5.92 Å². The molecule has 6 heteroatoms. The van der Waals surface area contributed by atoms with Crippen LogP contribution in [-0.2, 0) is 9.59 Å². The quantitative estimate of drug-likeness (QED) is 0.827. The Hall–Kier alpha value is -0.810. The summed E-state index contributed by atoms with van der Waals surface area (Å²) < 4.78 is 0. The molecule has 1 heterocycles. The van der Waals surface area contributed by atoms with Crippen LogP contribution in [0.1, 0.15) is 52.9 Å². The maximum absolute atomic E-state index is 12.4. The molecule has 122 valence electrons. The number of carbonyl (C=O) groups excluding carboxylic acids is 2. The highest BCUT2D eigenvalue weighted by atomic mass is 35.5. The smallest absolute Gasteiger partial charge is 0.245 e. The van der Waals surface area contributed by atoms with Gasteiger partial charge in [-0.1, -0.05) is 12.8 Å². The third-order valence-corrected chi connectivity index (χ3v) is 4.75. The third kappa shape index (κ3) is 3.89. The van der Waals surface area contributed by atoms with Gasteiger partial charge in [0.15, 0.2) is 0 Å². The number of hydrogen-bond donors (Lipinski definition) is 2. The van der Waals surface area contributed by atoms with E-state index in [2.05, 4.69) is 5.32 Å². The molecule has 2 amide bonds. The summed E-state index contributed by atoms with van der Waals surface area (Å²) in [5, 5.41) is 2.93. The van der Waals surface area contributed by atoms with Gasteiger partial charge in [-0.05, 0) is 40.0 Å². The third-order valence-electron chi connectivity index (χ3n) is 4.75. The van der Waals surface area contributed by atoms with Gasteiger partial charge in [-0.3, -0.25) is 9.59 Å². The van der Waals surface area contributed by atoms with E-state index in [1.54, 1.807) is 0 Å². The fourth-order valence-electron chi connectivity index (χ4n) is 3.41. The Labute approximate surface area is 133 Å². The van der Waals surface area contributed by atoms with Gasteiger partial charge >= 0.3 is 0 Å².